The maximum atomic E-state index is 11.6. The van der Waals surface area contributed by atoms with E-state index >= 15 is 0 Å². The monoisotopic (exact) mass is 776 g/mol. The van der Waals surface area contributed by atoms with Gasteiger partial charge in [-0.25, -0.2) is 0 Å². The van der Waals surface area contributed by atoms with Crippen LogP contribution in [0.25, 0.3) is 0 Å². The Morgan fingerprint density at radius 1 is 0.764 bits per heavy atom. The van der Waals surface area contributed by atoms with Crippen LogP contribution in [-0.2, 0) is 52.1 Å². The van der Waals surface area contributed by atoms with Crippen LogP contribution in [0.1, 0.15) is 73.1 Å². The van der Waals surface area contributed by atoms with E-state index in [9.17, 15) is 15.3 Å². The van der Waals surface area contributed by atoms with Crippen molar-refractivity contribution < 1.29 is 67.4 Å². The van der Waals surface area contributed by atoms with Gasteiger partial charge in [0.15, 0.2) is 24.7 Å². The molecule has 0 aromatic rings. The van der Waals surface area contributed by atoms with Crippen LogP contribution in [0.2, 0.25) is 0 Å². The van der Waals surface area contributed by atoms with E-state index in [1.54, 1.807) is 21.0 Å². The summed E-state index contributed by atoms with van der Waals surface area (Å²) in [5, 5.41) is 33.1. The fourth-order valence-electron chi connectivity index (χ4n) is 11.7. The Hall–Kier alpha value is -1.50. The highest BCUT2D eigenvalue weighted by Crippen LogP contribution is 2.68. The minimum Gasteiger partial charge on any atom is -0.491 e. The third kappa shape index (κ3) is 6.24. The highest BCUT2D eigenvalue weighted by Gasteiger charge is 2.72. The SMILES string of the molecule is CO[C@H]1[C@@H](O)[C@H](O[C@@H]2C=C3C=CC4=C5O[C@@H]6CO[C@]7(C)OC[C@@]5(CC[C@@H]4[C@@]3(C)CC2)[C@H]67)O[C@H](C)[C@H]1O[C@H]1C[C@H](O)[C@H](O[C@H]2C[C@H](OC)[C@H](O)[C@@H](C)O2)[C@@H](C)O1. The molecular formula is C41H60O14. The van der Waals surface area contributed by atoms with Gasteiger partial charge in [0.1, 0.15) is 42.4 Å². The van der Waals surface area contributed by atoms with Gasteiger partial charge in [-0.3, -0.25) is 0 Å². The topological polar surface area (TPSA) is 162 Å². The molecule has 0 unspecified atom stereocenters. The fraction of sp³-hybridized carbons (Fsp3) is 0.854. The first kappa shape index (κ1) is 39.0. The van der Waals surface area contributed by atoms with Crippen molar-refractivity contribution in [3.05, 3.63) is 35.1 Å². The molecule has 9 rings (SSSR count). The summed E-state index contributed by atoms with van der Waals surface area (Å²) < 4.78 is 67.7. The zero-order valence-corrected chi connectivity index (χ0v) is 33.0. The minimum atomic E-state index is -1.13. The van der Waals surface area contributed by atoms with Gasteiger partial charge in [-0.2, -0.15) is 0 Å². The van der Waals surface area contributed by atoms with Gasteiger partial charge in [0.25, 0.3) is 0 Å². The molecule has 0 radical (unpaired) electrons. The summed E-state index contributed by atoms with van der Waals surface area (Å²) in [7, 11) is 3.07. The second-order valence-electron chi connectivity index (χ2n) is 17.8. The van der Waals surface area contributed by atoms with E-state index in [1.807, 2.05) is 6.92 Å². The van der Waals surface area contributed by atoms with Gasteiger partial charge in [0.2, 0.25) is 0 Å². The van der Waals surface area contributed by atoms with Crippen molar-refractivity contribution in [1.82, 2.24) is 0 Å². The van der Waals surface area contributed by atoms with Crippen molar-refractivity contribution in [3.63, 3.8) is 0 Å². The first-order chi connectivity index (χ1) is 26.3. The van der Waals surface area contributed by atoms with Crippen molar-refractivity contribution in [3.8, 4) is 0 Å². The molecular weight excluding hydrogens is 716 g/mol. The van der Waals surface area contributed by atoms with Gasteiger partial charge in [-0.05, 0) is 75.9 Å². The summed E-state index contributed by atoms with van der Waals surface area (Å²) in [6, 6.07) is 0. The fourth-order valence-corrected chi connectivity index (χ4v) is 11.7. The van der Waals surface area contributed by atoms with E-state index in [4.69, 9.17) is 52.1 Å². The van der Waals surface area contributed by atoms with Gasteiger partial charge in [0, 0.05) is 27.1 Å². The normalized spacial score (nSPS) is 54.3. The lowest BCUT2D eigenvalue weighted by Gasteiger charge is -2.50. The lowest BCUT2D eigenvalue weighted by molar-refractivity contribution is -0.351. The number of ether oxygens (including phenoxy) is 11. The summed E-state index contributed by atoms with van der Waals surface area (Å²) in [5.41, 5.74) is 2.41. The molecule has 9 aliphatic rings. The van der Waals surface area contributed by atoms with Crippen molar-refractivity contribution in [2.45, 2.75) is 171 Å². The number of aliphatic hydroxyl groups is 3. The van der Waals surface area contributed by atoms with Crippen molar-refractivity contribution in [1.29, 1.82) is 0 Å². The molecule has 308 valence electrons. The summed E-state index contributed by atoms with van der Waals surface area (Å²) >= 11 is 0. The van der Waals surface area contributed by atoms with Gasteiger partial charge < -0.3 is 67.4 Å². The predicted molar refractivity (Wildman–Crippen MR) is 192 cm³/mol. The number of methoxy groups -OCH3 is 2. The Kier molecular flexibility index (Phi) is 10.2. The maximum absolute atomic E-state index is 11.6. The van der Waals surface area contributed by atoms with E-state index in [0.717, 1.165) is 31.4 Å². The second kappa shape index (κ2) is 14.4. The van der Waals surface area contributed by atoms with Gasteiger partial charge in [-0.15, -0.1) is 0 Å². The zero-order valence-electron chi connectivity index (χ0n) is 33.0. The number of hydrogen-bond acceptors (Lipinski definition) is 14. The molecule has 0 aromatic carbocycles. The quantitative estimate of drug-likeness (QED) is 0.330. The third-order valence-corrected chi connectivity index (χ3v) is 14.7. The summed E-state index contributed by atoms with van der Waals surface area (Å²) in [6.07, 6.45) is 1.36. The molecule has 3 aliphatic carbocycles. The van der Waals surface area contributed by atoms with Crippen LogP contribution in [0, 0.1) is 22.7 Å². The lowest BCUT2D eigenvalue weighted by atomic mass is 9.54. The first-order valence-corrected chi connectivity index (χ1v) is 20.4. The molecule has 1 spiro atoms. The molecule has 3 N–H and O–H groups in total. The molecule has 0 bridgehead atoms. The number of allylic oxidation sites excluding steroid dienone is 4. The maximum Gasteiger partial charge on any atom is 0.187 e. The molecule has 0 saturated carbocycles. The van der Waals surface area contributed by atoms with Crippen LogP contribution in [-0.4, -0.2) is 141 Å². The first-order valence-electron chi connectivity index (χ1n) is 20.4. The number of rotatable bonds is 8. The third-order valence-electron chi connectivity index (χ3n) is 14.7. The molecule has 20 atom stereocenters. The van der Waals surface area contributed by atoms with Crippen LogP contribution in [0.5, 0.6) is 0 Å². The molecule has 6 fully saturated rings. The predicted octanol–water partition coefficient (Wildman–Crippen LogP) is 3.01. The van der Waals surface area contributed by atoms with Crippen molar-refractivity contribution in [2.24, 2.45) is 22.7 Å². The highest BCUT2D eigenvalue weighted by atomic mass is 16.8. The molecule has 6 heterocycles. The van der Waals surface area contributed by atoms with Crippen LogP contribution >= 0.6 is 0 Å². The van der Waals surface area contributed by atoms with E-state index in [-0.39, 0.29) is 35.4 Å². The van der Waals surface area contributed by atoms with Crippen molar-refractivity contribution in [2.75, 3.05) is 27.4 Å². The minimum absolute atomic E-state index is 0.0477. The van der Waals surface area contributed by atoms with Crippen molar-refractivity contribution >= 4 is 0 Å². The summed E-state index contributed by atoms with van der Waals surface area (Å²) in [6.45, 7) is 11.1. The number of fused-ring (bicyclic) bond motifs is 3. The Bertz CT molecular complexity index is 1540. The van der Waals surface area contributed by atoms with Crippen LogP contribution in [0.4, 0.5) is 0 Å². The largest absolute Gasteiger partial charge is 0.491 e. The zero-order chi connectivity index (χ0) is 38.6. The Labute approximate surface area is 323 Å². The van der Waals surface area contributed by atoms with E-state index in [0.29, 0.717) is 25.6 Å². The van der Waals surface area contributed by atoms with Crippen LogP contribution in [0.15, 0.2) is 35.1 Å². The summed E-state index contributed by atoms with van der Waals surface area (Å²) in [4.78, 5) is 0. The highest BCUT2D eigenvalue weighted by molar-refractivity contribution is 5.48. The smallest absolute Gasteiger partial charge is 0.187 e. The Morgan fingerprint density at radius 2 is 1.51 bits per heavy atom. The number of aliphatic hydroxyl groups excluding tert-OH is 3. The van der Waals surface area contributed by atoms with Gasteiger partial charge >= 0.3 is 0 Å². The molecule has 55 heavy (non-hydrogen) atoms. The lowest BCUT2D eigenvalue weighted by Crippen LogP contribution is -2.61. The van der Waals surface area contributed by atoms with E-state index < -0.39 is 85.7 Å². The van der Waals surface area contributed by atoms with E-state index in [1.165, 1.54) is 18.3 Å². The van der Waals surface area contributed by atoms with Crippen LogP contribution < -0.4 is 0 Å². The van der Waals surface area contributed by atoms with Crippen LogP contribution in [0.3, 0.4) is 0 Å². The van der Waals surface area contributed by atoms with Gasteiger partial charge in [-0.1, -0.05) is 25.2 Å². The average Bonchev–Trinajstić information content (AvgIpc) is 3.79. The molecule has 0 amide bonds. The standard InChI is InChI=1S/C41H60O14/c1-19-31(43)27(45-6)16-30(49-19)54-33-20(2)50-29(15-26(33)42)55-34-21(3)51-38(32(44)35(34)46-7)52-23-10-12-39(4)22(14-23)8-9-24-25(39)11-13-41-18-48-40(5)36(41)28(17-47-40)53-37(24)41/h8-9,14,19-21,23,25-36,38,42-44H,10-13,15-18H2,1-7H3/t19-,20-,21-,23+,25+,26+,27+,28-,29+,30+,31-,32-,33-,34-,35+,36-,38+,39+,40-,41+/m1/s1. The Balaban J connectivity index is 0.836. The molecule has 14 heteroatoms. The summed E-state index contributed by atoms with van der Waals surface area (Å²) in [5.74, 6) is 1.16. The molecule has 6 aliphatic heterocycles. The number of hydrogen-bond donors (Lipinski definition) is 3. The Morgan fingerprint density at radius 3 is 2.27 bits per heavy atom. The molecule has 14 nitrogen and oxygen atoms in total. The molecule has 0 aromatic heterocycles. The van der Waals surface area contributed by atoms with E-state index in [2.05, 4.69) is 32.1 Å². The average molecular weight is 777 g/mol. The van der Waals surface area contributed by atoms with Gasteiger partial charge in [0.05, 0.1) is 61.2 Å². The molecule has 6 saturated heterocycles. The second-order valence-corrected chi connectivity index (χ2v) is 17.8.